The number of anilines is 1. The molecule has 0 radical (unpaired) electrons. The third-order valence-corrected chi connectivity index (χ3v) is 7.31. The molecular weight excluding hydrogens is 384 g/mol. The molecule has 1 atom stereocenters. The van der Waals surface area contributed by atoms with Crippen LogP contribution in [0.25, 0.3) is 0 Å². The zero-order valence-corrected chi connectivity index (χ0v) is 18.7. The molecule has 2 heterocycles. The Kier molecular flexibility index (Phi) is 5.72. The fourth-order valence-corrected chi connectivity index (χ4v) is 5.41. The summed E-state index contributed by atoms with van der Waals surface area (Å²) in [6.07, 6.45) is 4.94. The van der Waals surface area contributed by atoms with Crippen molar-refractivity contribution >= 4 is 5.69 Å². The van der Waals surface area contributed by atoms with Crippen LogP contribution in [0.15, 0.2) is 48.5 Å². The number of piperazine rings is 1. The lowest BCUT2D eigenvalue weighted by molar-refractivity contribution is -0.927. The van der Waals surface area contributed by atoms with Gasteiger partial charge in [0.1, 0.15) is 0 Å². The maximum atomic E-state index is 4.58. The molecular formula is C25H33N6+. The highest BCUT2D eigenvalue weighted by molar-refractivity contribution is 5.56. The van der Waals surface area contributed by atoms with Crippen molar-refractivity contribution in [2.24, 2.45) is 0 Å². The van der Waals surface area contributed by atoms with E-state index in [-0.39, 0.29) is 6.04 Å². The van der Waals surface area contributed by atoms with Crippen molar-refractivity contribution < 1.29 is 4.90 Å². The van der Waals surface area contributed by atoms with Crippen LogP contribution in [0.2, 0.25) is 0 Å². The van der Waals surface area contributed by atoms with E-state index in [0.717, 1.165) is 32.0 Å². The summed E-state index contributed by atoms with van der Waals surface area (Å²) < 4.78 is 2.15. The SMILES string of the molecule is Cc1cccc(N2CC[NH+]([C@@H](c3ccccc3)c3nnnn3C3CCCC3)CC2)c1C. The summed E-state index contributed by atoms with van der Waals surface area (Å²) in [5, 5.41) is 13.2. The van der Waals surface area contributed by atoms with Gasteiger partial charge in [-0.15, -0.1) is 5.10 Å². The molecule has 0 bridgehead atoms. The molecule has 6 nitrogen and oxygen atoms in total. The molecule has 31 heavy (non-hydrogen) atoms. The lowest BCUT2D eigenvalue weighted by atomic mass is 10.0. The number of hydrogen-bond acceptors (Lipinski definition) is 4. The minimum absolute atomic E-state index is 0.178. The first-order valence-corrected chi connectivity index (χ1v) is 11.7. The van der Waals surface area contributed by atoms with E-state index in [0.29, 0.717) is 6.04 Å². The molecule has 2 fully saturated rings. The van der Waals surface area contributed by atoms with Gasteiger partial charge >= 0.3 is 0 Å². The van der Waals surface area contributed by atoms with E-state index < -0.39 is 0 Å². The molecule has 6 heteroatoms. The van der Waals surface area contributed by atoms with Crippen LogP contribution in [0.4, 0.5) is 5.69 Å². The van der Waals surface area contributed by atoms with Gasteiger partial charge in [0.05, 0.1) is 32.2 Å². The second-order valence-electron chi connectivity index (χ2n) is 9.13. The highest BCUT2D eigenvalue weighted by atomic mass is 15.6. The van der Waals surface area contributed by atoms with Crippen LogP contribution >= 0.6 is 0 Å². The van der Waals surface area contributed by atoms with E-state index in [1.54, 1.807) is 4.90 Å². The fraction of sp³-hybridized carbons (Fsp3) is 0.480. The smallest absolute Gasteiger partial charge is 0.214 e. The van der Waals surface area contributed by atoms with Crippen LogP contribution in [0.1, 0.15) is 60.3 Å². The predicted octanol–water partition coefficient (Wildman–Crippen LogP) is 2.90. The summed E-state index contributed by atoms with van der Waals surface area (Å²) >= 11 is 0. The number of quaternary nitrogens is 1. The van der Waals surface area contributed by atoms with E-state index in [1.165, 1.54) is 48.1 Å². The van der Waals surface area contributed by atoms with Gasteiger partial charge in [0.25, 0.3) is 0 Å². The maximum Gasteiger partial charge on any atom is 0.214 e. The van der Waals surface area contributed by atoms with Crippen LogP contribution in [-0.4, -0.2) is 46.4 Å². The Morgan fingerprint density at radius 3 is 2.42 bits per heavy atom. The molecule has 162 valence electrons. The van der Waals surface area contributed by atoms with Crippen molar-refractivity contribution in [1.82, 2.24) is 20.2 Å². The molecule has 1 aliphatic carbocycles. The van der Waals surface area contributed by atoms with Gasteiger partial charge < -0.3 is 9.80 Å². The number of nitrogens with zero attached hydrogens (tertiary/aromatic N) is 5. The molecule has 1 aromatic heterocycles. The van der Waals surface area contributed by atoms with E-state index in [4.69, 9.17) is 0 Å². The summed E-state index contributed by atoms with van der Waals surface area (Å²) in [5.74, 6) is 1.04. The number of aromatic nitrogens is 4. The van der Waals surface area contributed by atoms with Gasteiger partial charge in [0.15, 0.2) is 6.04 Å². The monoisotopic (exact) mass is 417 g/mol. The molecule has 5 rings (SSSR count). The van der Waals surface area contributed by atoms with Crippen molar-refractivity contribution in [2.75, 3.05) is 31.1 Å². The van der Waals surface area contributed by atoms with Crippen LogP contribution in [0.5, 0.6) is 0 Å². The van der Waals surface area contributed by atoms with Crippen molar-refractivity contribution in [3.63, 3.8) is 0 Å². The first kappa shape index (κ1) is 20.2. The Hall–Kier alpha value is -2.73. The summed E-state index contributed by atoms with van der Waals surface area (Å²) in [4.78, 5) is 4.11. The third kappa shape index (κ3) is 3.97. The zero-order chi connectivity index (χ0) is 21.2. The highest BCUT2D eigenvalue weighted by Gasteiger charge is 2.36. The van der Waals surface area contributed by atoms with E-state index in [2.05, 4.69) is 87.5 Å². The van der Waals surface area contributed by atoms with Crippen LogP contribution in [-0.2, 0) is 0 Å². The largest absolute Gasteiger partial charge is 0.360 e. The van der Waals surface area contributed by atoms with E-state index in [1.807, 2.05) is 0 Å². The number of rotatable bonds is 5. The maximum absolute atomic E-state index is 4.58. The van der Waals surface area contributed by atoms with E-state index in [9.17, 15) is 0 Å². The molecule has 2 aromatic carbocycles. The highest BCUT2D eigenvalue weighted by Crippen LogP contribution is 2.31. The molecule has 0 amide bonds. The van der Waals surface area contributed by atoms with E-state index >= 15 is 0 Å². The first-order valence-electron chi connectivity index (χ1n) is 11.7. The number of benzene rings is 2. The first-order chi connectivity index (χ1) is 15.2. The second kappa shape index (κ2) is 8.79. The minimum Gasteiger partial charge on any atom is -0.360 e. The van der Waals surface area contributed by atoms with Crippen LogP contribution in [0.3, 0.4) is 0 Å². The summed E-state index contributed by atoms with van der Waals surface area (Å²) in [6, 6.07) is 18.1. The Morgan fingerprint density at radius 1 is 0.935 bits per heavy atom. The van der Waals surface area contributed by atoms with Gasteiger partial charge in [-0.25, -0.2) is 4.68 Å². The van der Waals surface area contributed by atoms with Gasteiger partial charge in [-0.05, 0) is 54.3 Å². The van der Waals surface area contributed by atoms with Crippen molar-refractivity contribution in [2.45, 2.75) is 51.6 Å². The lowest BCUT2D eigenvalue weighted by Gasteiger charge is -2.38. The Labute approximate surface area is 184 Å². The Balaban J connectivity index is 1.42. The molecule has 3 aromatic rings. The molecule has 1 saturated heterocycles. The molecule has 1 saturated carbocycles. The molecule has 0 unspecified atom stereocenters. The standard InChI is InChI=1S/C25H32N6/c1-19-9-8-14-23(20(19)2)29-15-17-30(18-16-29)24(21-10-4-3-5-11-21)25-26-27-28-31(25)22-12-6-7-13-22/h3-5,8-11,14,22,24H,6-7,12-13,15-18H2,1-2H3/p+1/t24-/m0/s1. The van der Waals surface area contributed by atoms with Gasteiger partial charge in [0.2, 0.25) is 5.82 Å². The second-order valence-corrected chi connectivity index (χ2v) is 9.13. The van der Waals surface area contributed by atoms with Gasteiger partial charge in [-0.3, -0.25) is 0 Å². The van der Waals surface area contributed by atoms with Crippen LogP contribution < -0.4 is 9.80 Å². The van der Waals surface area contributed by atoms with Crippen LogP contribution in [0, 0.1) is 13.8 Å². The normalized spacial score (nSPS) is 19.1. The average Bonchev–Trinajstić information content (AvgIpc) is 3.49. The zero-order valence-electron chi connectivity index (χ0n) is 18.7. The van der Waals surface area contributed by atoms with Crippen molar-refractivity contribution in [3.05, 3.63) is 71.0 Å². The lowest BCUT2D eigenvalue weighted by Crippen LogP contribution is -3.15. The summed E-state index contributed by atoms with van der Waals surface area (Å²) in [6.45, 7) is 8.69. The molecule has 2 aliphatic rings. The summed E-state index contributed by atoms with van der Waals surface area (Å²) in [7, 11) is 0. The minimum atomic E-state index is 0.178. The quantitative estimate of drug-likeness (QED) is 0.694. The van der Waals surface area contributed by atoms with Crippen molar-refractivity contribution in [3.8, 4) is 0 Å². The third-order valence-electron chi connectivity index (χ3n) is 7.31. The number of aryl methyl sites for hydroxylation is 1. The fourth-order valence-electron chi connectivity index (χ4n) is 5.41. The topological polar surface area (TPSA) is 51.3 Å². The molecule has 1 aliphatic heterocycles. The Morgan fingerprint density at radius 2 is 1.68 bits per heavy atom. The number of tetrazole rings is 1. The number of nitrogens with one attached hydrogen (secondary N) is 1. The molecule has 0 spiro atoms. The Bertz CT molecular complexity index is 1000. The predicted molar refractivity (Wildman–Crippen MR) is 122 cm³/mol. The van der Waals surface area contributed by atoms with Gasteiger partial charge in [0, 0.05) is 11.3 Å². The van der Waals surface area contributed by atoms with Crippen molar-refractivity contribution in [1.29, 1.82) is 0 Å². The molecule has 1 N–H and O–H groups in total. The number of hydrogen-bond donors (Lipinski definition) is 1. The average molecular weight is 418 g/mol. The van der Waals surface area contributed by atoms with Gasteiger partial charge in [-0.1, -0.05) is 55.3 Å². The van der Waals surface area contributed by atoms with Gasteiger partial charge in [-0.2, -0.15) is 0 Å². The summed E-state index contributed by atoms with van der Waals surface area (Å²) in [5.41, 5.74) is 5.46.